The number of nitrogens with zero attached hydrogens (tertiary/aromatic N) is 1. The van der Waals surface area contributed by atoms with Gasteiger partial charge in [0, 0.05) is 11.6 Å². The number of hydrogen-bond donors (Lipinski definition) is 1. The van der Waals surface area contributed by atoms with Crippen LogP contribution in [0, 0.1) is 0 Å². The van der Waals surface area contributed by atoms with Crippen LogP contribution in [-0.2, 0) is 6.54 Å². The summed E-state index contributed by atoms with van der Waals surface area (Å²) in [7, 11) is 0. The largest absolute Gasteiger partial charge is 0.467 e. The van der Waals surface area contributed by atoms with Gasteiger partial charge in [-0.3, -0.25) is 4.79 Å². The van der Waals surface area contributed by atoms with Crippen molar-refractivity contribution in [2.45, 2.75) is 25.4 Å². The molecule has 0 radical (unpaired) electrons. The van der Waals surface area contributed by atoms with E-state index in [4.69, 9.17) is 21.8 Å². The zero-order valence-corrected chi connectivity index (χ0v) is 11.6. The van der Waals surface area contributed by atoms with E-state index < -0.39 is 0 Å². The number of furan rings is 1. The number of carbonyl (C=O) groups is 1. The smallest absolute Gasteiger partial charge is 0.254 e. The summed E-state index contributed by atoms with van der Waals surface area (Å²) in [6.07, 6.45) is 3.69. The lowest BCUT2D eigenvalue weighted by molar-refractivity contribution is 0.0717. The highest BCUT2D eigenvalue weighted by molar-refractivity contribution is 6.33. The minimum Gasteiger partial charge on any atom is -0.467 e. The van der Waals surface area contributed by atoms with E-state index in [-0.39, 0.29) is 5.91 Å². The maximum atomic E-state index is 12.6. The second-order valence-electron chi connectivity index (χ2n) is 4.98. The van der Waals surface area contributed by atoms with Crippen molar-refractivity contribution in [2.24, 2.45) is 0 Å². The Labute approximate surface area is 122 Å². The number of hydrogen-bond acceptors (Lipinski definition) is 3. The number of carbonyl (C=O) groups excluding carboxylic acids is 1. The Morgan fingerprint density at radius 1 is 1.40 bits per heavy atom. The minimum atomic E-state index is -0.0349. The molecule has 2 N–H and O–H groups in total. The van der Waals surface area contributed by atoms with E-state index in [0.717, 1.165) is 18.6 Å². The molecule has 1 aliphatic rings. The summed E-state index contributed by atoms with van der Waals surface area (Å²) in [5, 5.41) is 0.463. The van der Waals surface area contributed by atoms with E-state index in [1.807, 2.05) is 17.0 Å². The van der Waals surface area contributed by atoms with Crippen LogP contribution in [0.4, 0.5) is 5.69 Å². The molecule has 1 aromatic heterocycles. The van der Waals surface area contributed by atoms with Crippen LogP contribution in [0.25, 0.3) is 0 Å². The maximum absolute atomic E-state index is 12.6. The zero-order valence-electron chi connectivity index (χ0n) is 10.9. The first-order valence-corrected chi connectivity index (χ1v) is 6.91. The average molecular weight is 291 g/mol. The molecule has 4 nitrogen and oxygen atoms in total. The van der Waals surface area contributed by atoms with E-state index in [2.05, 4.69) is 0 Å². The van der Waals surface area contributed by atoms with E-state index in [1.165, 1.54) is 0 Å². The molecule has 0 saturated heterocycles. The van der Waals surface area contributed by atoms with Crippen molar-refractivity contribution in [3.63, 3.8) is 0 Å². The van der Waals surface area contributed by atoms with E-state index in [1.54, 1.807) is 24.5 Å². The van der Waals surface area contributed by atoms with Gasteiger partial charge in [0.05, 0.1) is 23.5 Å². The number of rotatable bonds is 4. The van der Waals surface area contributed by atoms with Crippen molar-refractivity contribution in [1.82, 2.24) is 4.90 Å². The Kier molecular flexibility index (Phi) is 3.40. The third kappa shape index (κ3) is 2.65. The molecule has 1 heterocycles. The summed E-state index contributed by atoms with van der Waals surface area (Å²) in [6.45, 7) is 0.485. The quantitative estimate of drug-likeness (QED) is 0.879. The molecular weight excluding hydrogens is 276 g/mol. The third-order valence-corrected chi connectivity index (χ3v) is 3.74. The van der Waals surface area contributed by atoms with Crippen LogP contribution in [0.15, 0.2) is 41.0 Å². The Morgan fingerprint density at radius 3 is 2.80 bits per heavy atom. The number of amides is 1. The molecule has 1 fully saturated rings. The second kappa shape index (κ2) is 5.21. The van der Waals surface area contributed by atoms with Gasteiger partial charge in [0.2, 0.25) is 0 Å². The van der Waals surface area contributed by atoms with Crippen LogP contribution in [0.3, 0.4) is 0 Å². The summed E-state index contributed by atoms with van der Waals surface area (Å²) in [6, 6.07) is 8.98. The number of nitrogen functional groups attached to an aromatic ring is 1. The van der Waals surface area contributed by atoms with Crippen molar-refractivity contribution in [2.75, 3.05) is 5.73 Å². The van der Waals surface area contributed by atoms with Crippen LogP contribution in [0.2, 0.25) is 5.02 Å². The van der Waals surface area contributed by atoms with Crippen molar-refractivity contribution in [3.05, 3.63) is 52.9 Å². The lowest BCUT2D eigenvalue weighted by Crippen LogP contribution is -2.32. The number of nitrogens with two attached hydrogens (primary N) is 1. The molecule has 1 aliphatic carbocycles. The number of benzene rings is 1. The second-order valence-corrected chi connectivity index (χ2v) is 5.39. The van der Waals surface area contributed by atoms with Crippen molar-refractivity contribution < 1.29 is 9.21 Å². The molecule has 0 aliphatic heterocycles. The van der Waals surface area contributed by atoms with Crippen molar-refractivity contribution in [1.29, 1.82) is 0 Å². The summed E-state index contributed by atoms with van der Waals surface area (Å²) in [5.41, 5.74) is 6.75. The fraction of sp³-hybridized carbons (Fsp3) is 0.267. The van der Waals surface area contributed by atoms with Crippen LogP contribution >= 0.6 is 11.6 Å². The van der Waals surface area contributed by atoms with Gasteiger partial charge in [-0.25, -0.2) is 0 Å². The Bertz CT molecular complexity index is 621. The fourth-order valence-electron chi connectivity index (χ4n) is 2.17. The van der Waals surface area contributed by atoms with Gasteiger partial charge in [0.1, 0.15) is 5.76 Å². The maximum Gasteiger partial charge on any atom is 0.254 e. The first kappa shape index (κ1) is 13.1. The zero-order chi connectivity index (χ0) is 14.1. The molecular formula is C15H15ClN2O2. The van der Waals surface area contributed by atoms with Gasteiger partial charge < -0.3 is 15.1 Å². The van der Waals surface area contributed by atoms with Crippen LogP contribution in [0.1, 0.15) is 29.0 Å². The van der Waals surface area contributed by atoms with Gasteiger partial charge in [-0.15, -0.1) is 0 Å². The van der Waals surface area contributed by atoms with Crippen LogP contribution < -0.4 is 5.73 Å². The molecule has 0 bridgehead atoms. The van der Waals surface area contributed by atoms with E-state index >= 15 is 0 Å². The topological polar surface area (TPSA) is 59.5 Å². The van der Waals surface area contributed by atoms with Gasteiger partial charge >= 0.3 is 0 Å². The molecule has 1 saturated carbocycles. The molecule has 0 atom stereocenters. The van der Waals surface area contributed by atoms with E-state index in [9.17, 15) is 4.79 Å². The standard InChI is InChI=1S/C15H15ClN2O2/c16-13-6-3-10(8-14(13)17)15(19)18(11-4-5-11)9-12-2-1-7-20-12/h1-3,6-8,11H,4-5,9,17H2. The molecule has 0 spiro atoms. The normalized spacial score (nSPS) is 14.2. The molecule has 1 amide bonds. The lowest BCUT2D eigenvalue weighted by atomic mass is 10.1. The van der Waals surface area contributed by atoms with Crippen LogP contribution in [-0.4, -0.2) is 16.8 Å². The minimum absolute atomic E-state index is 0.0349. The molecule has 5 heteroatoms. The van der Waals surface area contributed by atoms with Crippen molar-refractivity contribution in [3.8, 4) is 0 Å². The molecule has 0 unspecified atom stereocenters. The number of anilines is 1. The molecule has 3 rings (SSSR count). The Hall–Kier alpha value is -1.94. The predicted molar refractivity (Wildman–Crippen MR) is 77.5 cm³/mol. The lowest BCUT2D eigenvalue weighted by Gasteiger charge is -2.21. The monoisotopic (exact) mass is 290 g/mol. The van der Waals surface area contributed by atoms with Gasteiger partial charge in [0.25, 0.3) is 5.91 Å². The first-order chi connectivity index (χ1) is 9.65. The highest BCUT2D eigenvalue weighted by Crippen LogP contribution is 2.30. The summed E-state index contributed by atoms with van der Waals surface area (Å²) in [5.74, 6) is 0.749. The third-order valence-electron chi connectivity index (χ3n) is 3.40. The van der Waals surface area contributed by atoms with Gasteiger partial charge in [-0.05, 0) is 43.2 Å². The SMILES string of the molecule is Nc1cc(C(=O)N(Cc2ccco2)C2CC2)ccc1Cl. The predicted octanol–water partition coefficient (Wildman–Crippen LogP) is 3.32. The molecule has 104 valence electrons. The van der Waals surface area contributed by atoms with Gasteiger partial charge in [-0.1, -0.05) is 11.6 Å². The highest BCUT2D eigenvalue weighted by Gasteiger charge is 2.33. The van der Waals surface area contributed by atoms with Gasteiger partial charge in [0.15, 0.2) is 0 Å². The molecule has 20 heavy (non-hydrogen) atoms. The number of halogens is 1. The van der Waals surface area contributed by atoms with E-state index in [0.29, 0.717) is 28.9 Å². The van der Waals surface area contributed by atoms with Crippen molar-refractivity contribution >= 4 is 23.2 Å². The first-order valence-electron chi connectivity index (χ1n) is 6.53. The van der Waals surface area contributed by atoms with Crippen LogP contribution in [0.5, 0.6) is 0 Å². The fourth-order valence-corrected chi connectivity index (χ4v) is 2.28. The van der Waals surface area contributed by atoms with Gasteiger partial charge in [-0.2, -0.15) is 0 Å². The summed E-state index contributed by atoms with van der Waals surface area (Å²) in [4.78, 5) is 14.4. The molecule has 1 aromatic carbocycles. The Morgan fingerprint density at radius 2 is 2.20 bits per heavy atom. The summed E-state index contributed by atoms with van der Waals surface area (Å²) >= 11 is 5.89. The average Bonchev–Trinajstić information content (AvgIpc) is 3.15. The Balaban J connectivity index is 1.83. The highest BCUT2D eigenvalue weighted by atomic mass is 35.5. The molecule has 2 aromatic rings. The summed E-state index contributed by atoms with van der Waals surface area (Å²) < 4.78 is 5.33.